The molecule has 2 aliphatic heterocycles. The first-order valence-corrected chi connectivity index (χ1v) is 13.9. The van der Waals surface area contributed by atoms with Crippen molar-refractivity contribution in [2.24, 2.45) is 5.92 Å². The molecule has 2 aromatic carbocycles. The van der Waals surface area contributed by atoms with Gasteiger partial charge in [-0.25, -0.2) is 9.18 Å². The van der Waals surface area contributed by atoms with Crippen molar-refractivity contribution in [3.05, 3.63) is 62.8 Å². The molecule has 4 rings (SSSR count). The number of benzene rings is 2. The van der Waals surface area contributed by atoms with E-state index in [2.05, 4.69) is 31.9 Å². The Morgan fingerprint density at radius 1 is 0.919 bits per heavy atom. The maximum atomic E-state index is 13.7. The van der Waals surface area contributed by atoms with Crippen LogP contribution in [0.2, 0.25) is 0 Å². The fourth-order valence-corrected chi connectivity index (χ4v) is 6.59. The van der Waals surface area contributed by atoms with E-state index in [0.717, 1.165) is 20.2 Å². The summed E-state index contributed by atoms with van der Waals surface area (Å²) in [6.45, 7) is 3.56. The number of carbonyl (C=O) groups is 3. The SMILES string of the molecule is CC(=O)N1CCC(C(=O)N2CC(c3ccc(F)cc3)C(N(C)C(=O)N(C)c3cc(Br)cc(Br)c3)C2)CC1. The number of hydrogen-bond acceptors (Lipinski definition) is 3. The number of likely N-dealkylation sites (N-methyl/N-ethyl adjacent to an activating group) is 1. The molecule has 0 aromatic heterocycles. The van der Waals surface area contributed by atoms with Crippen molar-refractivity contribution in [1.82, 2.24) is 14.7 Å². The van der Waals surface area contributed by atoms with Gasteiger partial charge in [-0.3, -0.25) is 14.5 Å². The molecule has 2 aromatic rings. The number of anilines is 1. The molecule has 0 radical (unpaired) electrons. The quantitative estimate of drug-likeness (QED) is 0.469. The lowest BCUT2D eigenvalue weighted by Crippen LogP contribution is -2.48. The zero-order valence-corrected chi connectivity index (χ0v) is 24.3. The average Bonchev–Trinajstić information content (AvgIpc) is 3.32. The van der Waals surface area contributed by atoms with Gasteiger partial charge in [-0.15, -0.1) is 0 Å². The van der Waals surface area contributed by atoms with E-state index in [1.54, 1.807) is 47.9 Å². The second-order valence-electron chi connectivity index (χ2n) is 9.83. The average molecular weight is 638 g/mol. The third-order valence-corrected chi connectivity index (χ3v) is 8.42. The lowest BCUT2D eigenvalue weighted by Gasteiger charge is -2.33. The minimum absolute atomic E-state index is 0.0326. The van der Waals surface area contributed by atoms with E-state index in [9.17, 15) is 18.8 Å². The number of amides is 4. The Morgan fingerprint density at radius 3 is 2.08 bits per heavy atom. The number of halogens is 3. The van der Waals surface area contributed by atoms with Gasteiger partial charge in [0.1, 0.15) is 5.82 Å². The Labute approximate surface area is 233 Å². The molecule has 2 fully saturated rings. The number of carbonyl (C=O) groups excluding carboxylic acids is 3. The van der Waals surface area contributed by atoms with Gasteiger partial charge in [0.2, 0.25) is 11.8 Å². The summed E-state index contributed by atoms with van der Waals surface area (Å²) in [5, 5.41) is 0. The van der Waals surface area contributed by atoms with Crippen LogP contribution >= 0.6 is 31.9 Å². The van der Waals surface area contributed by atoms with Crippen LogP contribution < -0.4 is 4.90 Å². The molecule has 0 N–H and O–H groups in total. The summed E-state index contributed by atoms with van der Waals surface area (Å²) < 4.78 is 15.4. The van der Waals surface area contributed by atoms with Gasteiger partial charge in [-0.05, 0) is 48.7 Å². The van der Waals surface area contributed by atoms with Gasteiger partial charge < -0.3 is 14.7 Å². The van der Waals surface area contributed by atoms with Gasteiger partial charge in [0.05, 0.1) is 6.04 Å². The molecular weight excluding hydrogens is 607 g/mol. The predicted molar refractivity (Wildman–Crippen MR) is 148 cm³/mol. The molecule has 10 heteroatoms. The monoisotopic (exact) mass is 636 g/mol. The molecule has 2 saturated heterocycles. The fourth-order valence-electron chi connectivity index (χ4n) is 5.32. The largest absolute Gasteiger partial charge is 0.343 e. The van der Waals surface area contributed by atoms with E-state index in [1.807, 2.05) is 23.1 Å². The normalized spacial score (nSPS) is 20.2. The molecule has 37 heavy (non-hydrogen) atoms. The molecule has 198 valence electrons. The Balaban J connectivity index is 1.55. The third-order valence-electron chi connectivity index (χ3n) is 7.51. The van der Waals surface area contributed by atoms with E-state index in [-0.39, 0.29) is 41.5 Å². The summed E-state index contributed by atoms with van der Waals surface area (Å²) in [6.07, 6.45) is 1.27. The number of nitrogens with zero attached hydrogens (tertiary/aromatic N) is 4. The molecule has 0 aliphatic carbocycles. The van der Waals surface area contributed by atoms with Crippen LogP contribution in [-0.4, -0.2) is 78.9 Å². The molecule has 2 atom stereocenters. The van der Waals surface area contributed by atoms with Crippen LogP contribution in [0.4, 0.5) is 14.9 Å². The molecule has 4 amide bonds. The van der Waals surface area contributed by atoms with Gasteiger partial charge >= 0.3 is 6.03 Å². The Hall–Kier alpha value is -2.46. The number of hydrogen-bond donors (Lipinski definition) is 0. The van der Waals surface area contributed by atoms with Crippen LogP contribution in [-0.2, 0) is 9.59 Å². The van der Waals surface area contributed by atoms with Gasteiger partial charge in [-0.1, -0.05) is 44.0 Å². The minimum Gasteiger partial charge on any atom is -0.343 e. The maximum absolute atomic E-state index is 13.7. The lowest BCUT2D eigenvalue weighted by atomic mass is 9.93. The number of rotatable bonds is 4. The van der Waals surface area contributed by atoms with Gasteiger partial charge in [0.15, 0.2) is 0 Å². The molecular formula is C27H31Br2FN4O3. The minimum atomic E-state index is -0.326. The summed E-state index contributed by atoms with van der Waals surface area (Å²) in [4.78, 5) is 45.7. The summed E-state index contributed by atoms with van der Waals surface area (Å²) in [7, 11) is 3.48. The first-order chi connectivity index (χ1) is 17.5. The van der Waals surface area contributed by atoms with Crippen molar-refractivity contribution in [3.8, 4) is 0 Å². The van der Waals surface area contributed by atoms with Gasteiger partial charge in [0.25, 0.3) is 0 Å². The van der Waals surface area contributed by atoms with Crippen LogP contribution in [0.1, 0.15) is 31.2 Å². The molecule has 0 bridgehead atoms. The number of piperidine rings is 1. The van der Waals surface area contributed by atoms with Crippen LogP contribution in [0.5, 0.6) is 0 Å². The van der Waals surface area contributed by atoms with Crippen molar-refractivity contribution >= 4 is 55.4 Å². The van der Waals surface area contributed by atoms with E-state index < -0.39 is 0 Å². The van der Waals surface area contributed by atoms with Crippen molar-refractivity contribution in [1.29, 1.82) is 0 Å². The zero-order chi connectivity index (χ0) is 26.9. The highest BCUT2D eigenvalue weighted by molar-refractivity contribution is 9.11. The van der Waals surface area contributed by atoms with Crippen molar-refractivity contribution in [2.75, 3.05) is 45.2 Å². The second kappa shape index (κ2) is 11.5. The van der Waals surface area contributed by atoms with Gasteiger partial charge in [0, 0.05) is 73.7 Å². The van der Waals surface area contributed by atoms with Crippen molar-refractivity contribution < 1.29 is 18.8 Å². The zero-order valence-electron chi connectivity index (χ0n) is 21.2. The Morgan fingerprint density at radius 2 is 1.51 bits per heavy atom. The van der Waals surface area contributed by atoms with Crippen LogP contribution in [0, 0.1) is 11.7 Å². The number of likely N-dealkylation sites (tertiary alicyclic amines) is 2. The summed E-state index contributed by atoms with van der Waals surface area (Å²) in [5.74, 6) is -0.537. The summed E-state index contributed by atoms with van der Waals surface area (Å²) in [5.41, 5.74) is 1.61. The maximum Gasteiger partial charge on any atom is 0.324 e. The van der Waals surface area contributed by atoms with E-state index in [4.69, 9.17) is 0 Å². The second-order valence-corrected chi connectivity index (χ2v) is 11.7. The molecule has 0 spiro atoms. The highest BCUT2D eigenvalue weighted by Crippen LogP contribution is 2.34. The summed E-state index contributed by atoms with van der Waals surface area (Å²) >= 11 is 6.95. The molecule has 7 nitrogen and oxygen atoms in total. The molecule has 2 heterocycles. The Bertz CT molecular complexity index is 1150. The standard InChI is InChI=1S/C27H31Br2FN4O3/c1-17(35)33-10-8-19(9-11-33)26(36)34-15-24(18-4-6-22(30)7-5-18)25(16-34)32(3)27(37)31(2)23-13-20(28)12-21(29)14-23/h4-7,12-14,19,24-25H,8-11,15-16H2,1-3H3. The smallest absolute Gasteiger partial charge is 0.324 e. The fraction of sp³-hybridized carbons (Fsp3) is 0.444. The van der Waals surface area contributed by atoms with E-state index >= 15 is 0 Å². The summed E-state index contributed by atoms with van der Waals surface area (Å²) in [6, 6.07) is 11.5. The highest BCUT2D eigenvalue weighted by Gasteiger charge is 2.42. The molecule has 2 aliphatic rings. The van der Waals surface area contributed by atoms with Crippen molar-refractivity contribution in [2.45, 2.75) is 31.7 Å². The lowest BCUT2D eigenvalue weighted by molar-refractivity contribution is -0.139. The topological polar surface area (TPSA) is 64.2 Å². The van der Waals surface area contributed by atoms with E-state index in [1.165, 1.54) is 12.1 Å². The third kappa shape index (κ3) is 6.17. The highest BCUT2D eigenvalue weighted by atomic mass is 79.9. The van der Waals surface area contributed by atoms with Crippen molar-refractivity contribution in [3.63, 3.8) is 0 Å². The Kier molecular flexibility index (Phi) is 8.58. The van der Waals surface area contributed by atoms with E-state index in [0.29, 0.717) is 39.0 Å². The van der Waals surface area contributed by atoms with Gasteiger partial charge in [-0.2, -0.15) is 0 Å². The molecule has 0 saturated carbocycles. The molecule has 2 unspecified atom stereocenters. The first kappa shape index (κ1) is 27.6. The first-order valence-electron chi connectivity index (χ1n) is 12.3. The van der Waals surface area contributed by atoms with Crippen LogP contribution in [0.15, 0.2) is 51.4 Å². The van der Waals surface area contributed by atoms with Crippen LogP contribution in [0.3, 0.4) is 0 Å². The van der Waals surface area contributed by atoms with Crippen LogP contribution in [0.25, 0.3) is 0 Å². The predicted octanol–water partition coefficient (Wildman–Crippen LogP) is 5.09. The number of urea groups is 1.